The average Bonchev–Trinajstić information content (AvgIpc) is 3.29. The van der Waals surface area contributed by atoms with Gasteiger partial charge in [-0.05, 0) is 56.2 Å². The first kappa shape index (κ1) is 18.1. The molecule has 1 atom stereocenters. The number of methoxy groups -OCH3 is 1. The zero-order chi connectivity index (χ0) is 19.0. The van der Waals surface area contributed by atoms with Gasteiger partial charge in [0, 0.05) is 18.8 Å². The van der Waals surface area contributed by atoms with E-state index in [0.717, 1.165) is 67.5 Å². The van der Waals surface area contributed by atoms with Crippen LogP contribution in [0.4, 0.5) is 0 Å². The minimum atomic E-state index is -0.444. The van der Waals surface area contributed by atoms with Crippen LogP contribution in [-0.2, 0) is 23.7 Å². The molecule has 1 fully saturated rings. The van der Waals surface area contributed by atoms with Crippen molar-refractivity contribution in [1.82, 2.24) is 15.1 Å². The minimum absolute atomic E-state index is 0.0692. The molecule has 2 aliphatic carbocycles. The highest BCUT2D eigenvalue weighted by atomic mass is 16.5. The van der Waals surface area contributed by atoms with Crippen LogP contribution >= 0.6 is 0 Å². The van der Waals surface area contributed by atoms with E-state index in [-0.39, 0.29) is 11.9 Å². The van der Waals surface area contributed by atoms with Crippen LogP contribution in [0.3, 0.4) is 0 Å². The van der Waals surface area contributed by atoms with Gasteiger partial charge in [0.05, 0.1) is 24.3 Å². The standard InChI is InChI=1S/C22H29N3O2/c1-15-9-10-16(13-20(15)27-3)22(11-4-5-12-22)21(26)23-18-7-6-8-19-17(18)14-25(2)24-19/h9-10,13-14,18H,4-8,11-12H2,1-3H3,(H,23,26). The summed E-state index contributed by atoms with van der Waals surface area (Å²) in [5, 5.41) is 7.95. The van der Waals surface area contributed by atoms with Crippen molar-refractivity contribution in [2.24, 2.45) is 7.05 Å². The van der Waals surface area contributed by atoms with Crippen LogP contribution in [0.2, 0.25) is 0 Å². The molecule has 1 saturated carbocycles. The number of hydrogen-bond donors (Lipinski definition) is 1. The van der Waals surface area contributed by atoms with Crippen molar-refractivity contribution in [1.29, 1.82) is 0 Å². The number of aryl methyl sites for hydroxylation is 3. The van der Waals surface area contributed by atoms with Crippen molar-refractivity contribution in [2.45, 2.75) is 63.3 Å². The van der Waals surface area contributed by atoms with Gasteiger partial charge in [0.2, 0.25) is 5.91 Å². The third kappa shape index (κ3) is 3.13. The number of ether oxygens (including phenoxy) is 1. The number of benzene rings is 1. The third-order valence-electron chi connectivity index (χ3n) is 6.38. The fraction of sp³-hybridized carbons (Fsp3) is 0.545. The Labute approximate surface area is 161 Å². The summed E-state index contributed by atoms with van der Waals surface area (Å²) in [4.78, 5) is 13.6. The average molecular weight is 367 g/mol. The Kier molecular flexibility index (Phi) is 4.70. The van der Waals surface area contributed by atoms with Crippen molar-refractivity contribution < 1.29 is 9.53 Å². The molecular weight excluding hydrogens is 338 g/mol. The lowest BCUT2D eigenvalue weighted by Gasteiger charge is -2.32. The smallest absolute Gasteiger partial charge is 0.231 e. The number of aromatic nitrogens is 2. The fourth-order valence-corrected chi connectivity index (χ4v) is 4.86. The number of carbonyl (C=O) groups is 1. The zero-order valence-corrected chi connectivity index (χ0v) is 16.5. The number of rotatable bonds is 4. The highest BCUT2D eigenvalue weighted by molar-refractivity contribution is 5.89. The number of nitrogens with zero attached hydrogens (tertiary/aromatic N) is 2. The van der Waals surface area contributed by atoms with Crippen LogP contribution in [0.15, 0.2) is 24.4 Å². The lowest BCUT2D eigenvalue weighted by molar-refractivity contribution is -0.127. The Morgan fingerprint density at radius 3 is 2.81 bits per heavy atom. The summed E-state index contributed by atoms with van der Waals surface area (Å²) < 4.78 is 7.39. The fourth-order valence-electron chi connectivity index (χ4n) is 4.86. The van der Waals surface area contributed by atoms with Crippen LogP contribution in [0.25, 0.3) is 0 Å². The van der Waals surface area contributed by atoms with E-state index in [1.165, 1.54) is 5.56 Å². The highest BCUT2D eigenvalue weighted by Crippen LogP contribution is 2.43. The monoisotopic (exact) mass is 367 g/mol. The molecule has 1 heterocycles. The Morgan fingerprint density at radius 1 is 1.30 bits per heavy atom. The van der Waals surface area contributed by atoms with Gasteiger partial charge in [-0.25, -0.2) is 0 Å². The lowest BCUT2D eigenvalue weighted by Crippen LogP contribution is -2.44. The normalized spacial score (nSPS) is 20.9. The van der Waals surface area contributed by atoms with E-state index in [1.807, 2.05) is 18.7 Å². The summed E-state index contributed by atoms with van der Waals surface area (Å²) in [5.41, 5.74) is 4.06. The summed E-state index contributed by atoms with van der Waals surface area (Å²) >= 11 is 0. The zero-order valence-electron chi connectivity index (χ0n) is 16.5. The first-order chi connectivity index (χ1) is 13.0. The molecular formula is C22H29N3O2. The van der Waals surface area contributed by atoms with Crippen LogP contribution in [0.1, 0.15) is 67.0 Å². The molecule has 5 heteroatoms. The first-order valence-corrected chi connectivity index (χ1v) is 10.0. The maximum absolute atomic E-state index is 13.6. The molecule has 1 amide bonds. The molecule has 0 aliphatic heterocycles. The van der Waals surface area contributed by atoms with Crippen molar-refractivity contribution >= 4 is 5.91 Å². The van der Waals surface area contributed by atoms with E-state index in [2.05, 4.69) is 34.8 Å². The van der Waals surface area contributed by atoms with Gasteiger partial charge in [-0.3, -0.25) is 9.48 Å². The highest BCUT2D eigenvalue weighted by Gasteiger charge is 2.44. The molecule has 0 saturated heterocycles. The number of nitrogens with one attached hydrogen (secondary N) is 1. The molecule has 0 radical (unpaired) electrons. The maximum atomic E-state index is 13.6. The maximum Gasteiger partial charge on any atom is 0.231 e. The number of carbonyl (C=O) groups excluding carboxylic acids is 1. The predicted molar refractivity (Wildman–Crippen MR) is 105 cm³/mol. The molecule has 1 aromatic carbocycles. The number of fused-ring (bicyclic) bond motifs is 1. The quantitative estimate of drug-likeness (QED) is 0.895. The molecule has 144 valence electrons. The van der Waals surface area contributed by atoms with Gasteiger partial charge >= 0.3 is 0 Å². The second kappa shape index (κ2) is 7.02. The molecule has 1 N–H and O–H groups in total. The SMILES string of the molecule is COc1cc(C2(C(=O)NC3CCCc4nn(C)cc43)CCCC2)ccc1C. The Hall–Kier alpha value is -2.30. The van der Waals surface area contributed by atoms with Crippen LogP contribution in [0.5, 0.6) is 5.75 Å². The van der Waals surface area contributed by atoms with Gasteiger partial charge in [-0.15, -0.1) is 0 Å². The molecule has 0 spiro atoms. The van der Waals surface area contributed by atoms with E-state index in [9.17, 15) is 4.79 Å². The van der Waals surface area contributed by atoms with E-state index >= 15 is 0 Å². The third-order valence-corrected chi connectivity index (χ3v) is 6.38. The number of hydrogen-bond acceptors (Lipinski definition) is 3. The van der Waals surface area contributed by atoms with E-state index in [4.69, 9.17) is 4.74 Å². The molecule has 1 unspecified atom stereocenters. The van der Waals surface area contributed by atoms with Gasteiger partial charge in [0.25, 0.3) is 0 Å². The minimum Gasteiger partial charge on any atom is -0.496 e. The molecule has 5 nitrogen and oxygen atoms in total. The van der Waals surface area contributed by atoms with Gasteiger partial charge in [0.1, 0.15) is 5.75 Å². The Bertz CT molecular complexity index is 849. The first-order valence-electron chi connectivity index (χ1n) is 10.0. The molecule has 4 rings (SSSR count). The van der Waals surface area contributed by atoms with Crippen molar-refractivity contribution in [3.05, 3.63) is 46.8 Å². The second-order valence-electron chi connectivity index (χ2n) is 8.10. The largest absolute Gasteiger partial charge is 0.496 e. The van der Waals surface area contributed by atoms with Crippen LogP contribution in [-0.4, -0.2) is 22.8 Å². The van der Waals surface area contributed by atoms with Crippen molar-refractivity contribution in [2.75, 3.05) is 7.11 Å². The summed E-state index contributed by atoms with van der Waals surface area (Å²) in [5.74, 6) is 1.02. The summed E-state index contributed by atoms with van der Waals surface area (Å²) in [6.07, 6.45) is 9.10. The Balaban J connectivity index is 1.64. The molecule has 1 aromatic heterocycles. The second-order valence-corrected chi connectivity index (χ2v) is 8.10. The van der Waals surface area contributed by atoms with E-state index in [0.29, 0.717) is 0 Å². The van der Waals surface area contributed by atoms with Gasteiger partial charge < -0.3 is 10.1 Å². The Morgan fingerprint density at radius 2 is 2.07 bits per heavy atom. The molecule has 0 bridgehead atoms. The van der Waals surface area contributed by atoms with Crippen LogP contribution in [0, 0.1) is 6.92 Å². The molecule has 2 aliphatic rings. The summed E-state index contributed by atoms with van der Waals surface area (Å²) in [6.45, 7) is 2.04. The van der Waals surface area contributed by atoms with Crippen molar-refractivity contribution in [3.63, 3.8) is 0 Å². The number of amides is 1. The van der Waals surface area contributed by atoms with E-state index in [1.54, 1.807) is 7.11 Å². The van der Waals surface area contributed by atoms with Gasteiger partial charge in [-0.2, -0.15) is 5.10 Å². The van der Waals surface area contributed by atoms with Gasteiger partial charge in [0.15, 0.2) is 0 Å². The lowest BCUT2D eigenvalue weighted by atomic mass is 9.77. The molecule has 2 aromatic rings. The van der Waals surface area contributed by atoms with E-state index < -0.39 is 5.41 Å². The summed E-state index contributed by atoms with van der Waals surface area (Å²) in [7, 11) is 3.65. The van der Waals surface area contributed by atoms with Crippen molar-refractivity contribution in [3.8, 4) is 5.75 Å². The van der Waals surface area contributed by atoms with Gasteiger partial charge in [-0.1, -0.05) is 25.0 Å². The topological polar surface area (TPSA) is 56.1 Å². The molecule has 27 heavy (non-hydrogen) atoms. The predicted octanol–water partition coefficient (Wildman–Crippen LogP) is 3.74. The summed E-state index contributed by atoms with van der Waals surface area (Å²) in [6, 6.07) is 6.32. The van der Waals surface area contributed by atoms with Crippen LogP contribution < -0.4 is 10.1 Å².